The lowest BCUT2D eigenvalue weighted by Crippen LogP contribution is -2.30. The Morgan fingerprint density at radius 2 is 1.86 bits per heavy atom. The van der Waals surface area contributed by atoms with Crippen LogP contribution in [0.5, 0.6) is 0 Å². The third-order valence-corrected chi connectivity index (χ3v) is 6.17. The summed E-state index contributed by atoms with van der Waals surface area (Å²) in [5, 5.41) is 8.19. The molecule has 2 heterocycles. The largest absolute Gasteiger partial charge is 0.421 e. The molecule has 1 aromatic carbocycles. The molecule has 0 spiro atoms. The summed E-state index contributed by atoms with van der Waals surface area (Å²) in [5.74, 6) is -0.900. The van der Waals surface area contributed by atoms with Gasteiger partial charge in [-0.15, -0.1) is 0 Å². The maximum atomic E-state index is 13.7. The van der Waals surface area contributed by atoms with E-state index in [2.05, 4.69) is 30.9 Å². The van der Waals surface area contributed by atoms with Gasteiger partial charge in [0.05, 0.1) is 6.26 Å². The van der Waals surface area contributed by atoms with E-state index < -0.39 is 27.6 Å². The number of hydrogen-bond acceptors (Lipinski definition) is 8. The van der Waals surface area contributed by atoms with Gasteiger partial charge < -0.3 is 16.0 Å². The molecule has 198 valence electrons. The van der Waals surface area contributed by atoms with Crippen LogP contribution in [-0.4, -0.2) is 48.6 Å². The van der Waals surface area contributed by atoms with Crippen LogP contribution < -0.4 is 20.3 Å². The van der Waals surface area contributed by atoms with Crippen LogP contribution in [0, 0.1) is 0 Å². The summed E-state index contributed by atoms with van der Waals surface area (Å²) < 4.78 is 65.8. The molecule has 0 aliphatic heterocycles. The van der Waals surface area contributed by atoms with Crippen LogP contribution in [0.3, 0.4) is 0 Å². The molecule has 0 saturated carbocycles. The Balaban J connectivity index is 1.89. The maximum Gasteiger partial charge on any atom is 0.421 e. The van der Waals surface area contributed by atoms with Gasteiger partial charge in [-0.3, -0.25) is 9.10 Å². The van der Waals surface area contributed by atoms with Crippen LogP contribution in [0.4, 0.5) is 36.4 Å². The third-order valence-electron chi connectivity index (χ3n) is 5.00. The highest BCUT2D eigenvalue weighted by Gasteiger charge is 2.35. The highest BCUT2D eigenvalue weighted by atomic mass is 32.2. The lowest BCUT2D eigenvalue weighted by molar-refractivity contribution is -0.137. The molecule has 0 aliphatic carbocycles. The minimum absolute atomic E-state index is 0.0648. The predicted octanol–water partition coefficient (Wildman–Crippen LogP) is 3.78. The highest BCUT2D eigenvalue weighted by molar-refractivity contribution is 7.92. The van der Waals surface area contributed by atoms with Gasteiger partial charge in [-0.25, -0.2) is 18.4 Å². The number of halogens is 3. The zero-order valence-corrected chi connectivity index (χ0v) is 21.3. The number of benzene rings is 1. The van der Waals surface area contributed by atoms with Gasteiger partial charge in [0.25, 0.3) is 5.91 Å². The fraction of sp³-hybridized carbons (Fsp3) is 0.304. The molecule has 0 radical (unpaired) electrons. The van der Waals surface area contributed by atoms with Crippen molar-refractivity contribution in [2.24, 2.45) is 0 Å². The van der Waals surface area contributed by atoms with E-state index >= 15 is 0 Å². The number of carbonyl (C=O) groups excluding carboxylic acids is 1. The minimum Gasteiger partial charge on any atom is -0.365 e. The Hall–Kier alpha value is -3.94. The van der Waals surface area contributed by atoms with Crippen LogP contribution in [0.15, 0.2) is 48.8 Å². The molecular weight excluding hydrogens is 511 g/mol. The zero-order valence-electron chi connectivity index (χ0n) is 20.5. The number of nitrogens with zero attached hydrogens (tertiary/aromatic N) is 4. The number of alkyl halides is 3. The van der Waals surface area contributed by atoms with Crippen molar-refractivity contribution in [1.29, 1.82) is 0 Å². The number of rotatable bonds is 9. The molecule has 0 bridgehead atoms. The standard InChI is InChI=1S/C23H26F3N7O3S/c1-14(2)30-21(34)15-7-5-9-17(11-15)31-22-29-13-18(23(24,25)26)19(32-22)28-12-16-8-6-10-27-20(16)33(3)37(4,35)36/h5-11,13-14H,12H2,1-4H3,(H,30,34)(H2,28,29,31,32). The number of anilines is 4. The van der Waals surface area contributed by atoms with Crippen LogP contribution in [0.25, 0.3) is 0 Å². The fourth-order valence-corrected chi connectivity index (χ4v) is 3.66. The number of hydrogen-bond donors (Lipinski definition) is 3. The Morgan fingerprint density at radius 1 is 1.14 bits per heavy atom. The van der Waals surface area contributed by atoms with Gasteiger partial charge in [-0.1, -0.05) is 12.1 Å². The van der Waals surface area contributed by atoms with Crippen LogP contribution >= 0.6 is 0 Å². The second kappa shape index (κ2) is 11.0. The van der Waals surface area contributed by atoms with E-state index in [4.69, 9.17) is 0 Å². The average Bonchev–Trinajstić information content (AvgIpc) is 2.81. The lowest BCUT2D eigenvalue weighted by atomic mass is 10.2. The van der Waals surface area contributed by atoms with E-state index in [1.54, 1.807) is 24.3 Å². The second-order valence-electron chi connectivity index (χ2n) is 8.36. The molecule has 0 fully saturated rings. The van der Waals surface area contributed by atoms with Crippen molar-refractivity contribution in [3.8, 4) is 0 Å². The van der Waals surface area contributed by atoms with Crippen molar-refractivity contribution < 1.29 is 26.4 Å². The summed E-state index contributed by atoms with van der Waals surface area (Å²) in [5.41, 5.74) is -0.0277. The van der Waals surface area contributed by atoms with Crippen molar-refractivity contribution in [2.45, 2.75) is 32.6 Å². The Labute approximate surface area is 212 Å². The number of pyridine rings is 1. The molecule has 0 atom stereocenters. The number of aromatic nitrogens is 3. The Morgan fingerprint density at radius 3 is 2.51 bits per heavy atom. The molecule has 1 amide bonds. The summed E-state index contributed by atoms with van der Waals surface area (Å²) in [6, 6.07) is 9.35. The minimum atomic E-state index is -4.75. The molecule has 0 saturated heterocycles. The molecular formula is C23H26F3N7O3S. The molecule has 14 heteroatoms. The Kier molecular flexibility index (Phi) is 8.21. The molecule has 10 nitrogen and oxygen atoms in total. The van der Waals surface area contributed by atoms with Crippen molar-refractivity contribution in [2.75, 3.05) is 28.2 Å². The summed E-state index contributed by atoms with van der Waals surface area (Å²) in [6.45, 7) is 3.43. The van der Waals surface area contributed by atoms with Crippen molar-refractivity contribution >= 4 is 39.2 Å². The predicted molar refractivity (Wildman–Crippen MR) is 134 cm³/mol. The smallest absolute Gasteiger partial charge is 0.365 e. The molecule has 37 heavy (non-hydrogen) atoms. The van der Waals surface area contributed by atoms with Crippen molar-refractivity contribution in [3.05, 3.63) is 65.5 Å². The van der Waals surface area contributed by atoms with E-state index in [0.717, 1.165) is 10.6 Å². The van der Waals surface area contributed by atoms with Gasteiger partial charge in [-0.2, -0.15) is 18.2 Å². The van der Waals surface area contributed by atoms with E-state index in [1.807, 2.05) is 13.8 Å². The molecule has 3 N–H and O–H groups in total. The van der Waals surface area contributed by atoms with Crippen molar-refractivity contribution in [1.82, 2.24) is 20.3 Å². The van der Waals surface area contributed by atoms with Gasteiger partial charge in [0.15, 0.2) is 0 Å². The van der Waals surface area contributed by atoms with Crippen LogP contribution in [0.1, 0.15) is 35.3 Å². The monoisotopic (exact) mass is 537 g/mol. The quantitative estimate of drug-likeness (QED) is 0.376. The number of amides is 1. The SMILES string of the molecule is CC(C)NC(=O)c1cccc(Nc2ncc(C(F)(F)F)c(NCc3cccnc3N(C)S(C)(=O)=O)n2)c1. The van der Waals surface area contributed by atoms with Crippen molar-refractivity contribution in [3.63, 3.8) is 0 Å². The highest BCUT2D eigenvalue weighted by Crippen LogP contribution is 2.34. The first-order chi connectivity index (χ1) is 17.3. The number of sulfonamides is 1. The number of carbonyl (C=O) groups is 1. The van der Waals surface area contributed by atoms with Crippen LogP contribution in [-0.2, 0) is 22.7 Å². The van der Waals surface area contributed by atoms with Gasteiger partial charge in [0, 0.05) is 48.8 Å². The molecule has 0 unspecified atom stereocenters. The summed E-state index contributed by atoms with van der Waals surface area (Å²) in [6.07, 6.45) is -1.74. The summed E-state index contributed by atoms with van der Waals surface area (Å²) >= 11 is 0. The second-order valence-corrected chi connectivity index (χ2v) is 10.4. The lowest BCUT2D eigenvalue weighted by Gasteiger charge is -2.20. The molecule has 3 rings (SSSR count). The Bertz CT molecular complexity index is 1380. The average molecular weight is 538 g/mol. The van der Waals surface area contributed by atoms with Gasteiger partial charge in [0.2, 0.25) is 16.0 Å². The fourth-order valence-electron chi connectivity index (χ4n) is 3.18. The van der Waals surface area contributed by atoms with E-state index in [0.29, 0.717) is 23.0 Å². The van der Waals surface area contributed by atoms with Gasteiger partial charge in [-0.05, 0) is 38.1 Å². The van der Waals surface area contributed by atoms with Gasteiger partial charge in [0.1, 0.15) is 17.2 Å². The third kappa shape index (κ3) is 7.29. The number of nitrogens with one attached hydrogen (secondary N) is 3. The summed E-state index contributed by atoms with van der Waals surface area (Å²) in [4.78, 5) is 24.1. The topological polar surface area (TPSA) is 129 Å². The zero-order chi connectivity index (χ0) is 27.4. The maximum absolute atomic E-state index is 13.7. The van der Waals surface area contributed by atoms with E-state index in [-0.39, 0.29) is 30.3 Å². The molecule has 2 aromatic heterocycles. The van der Waals surface area contributed by atoms with Crippen LogP contribution in [0.2, 0.25) is 0 Å². The normalized spacial score (nSPS) is 11.8. The van der Waals surface area contributed by atoms with Gasteiger partial charge >= 0.3 is 6.18 Å². The first-order valence-corrected chi connectivity index (χ1v) is 12.8. The van der Waals surface area contributed by atoms with E-state index in [9.17, 15) is 26.4 Å². The molecule has 0 aliphatic rings. The summed E-state index contributed by atoms with van der Waals surface area (Å²) in [7, 11) is -2.36. The molecule has 3 aromatic rings. The first-order valence-electron chi connectivity index (χ1n) is 11.0. The first kappa shape index (κ1) is 27.6. The van der Waals surface area contributed by atoms with E-state index in [1.165, 1.54) is 25.4 Å².